The lowest BCUT2D eigenvalue weighted by Crippen LogP contribution is -2.52. The zero-order chi connectivity index (χ0) is 15.5. The van der Waals surface area contributed by atoms with Crippen LogP contribution in [0.2, 0.25) is 0 Å². The Bertz CT molecular complexity index is 679. The molecule has 0 aliphatic carbocycles. The molecular weight excluding hydrogens is 268 g/mol. The Hall–Kier alpha value is -2.43. The summed E-state index contributed by atoms with van der Waals surface area (Å²) in [6, 6.07) is 9.39. The molecule has 1 aromatic heterocycles. The van der Waals surface area contributed by atoms with Crippen LogP contribution in [-0.2, 0) is 16.0 Å². The smallest absolute Gasteiger partial charge is 0.329 e. The van der Waals surface area contributed by atoms with Crippen molar-refractivity contribution in [3.8, 4) is 0 Å². The van der Waals surface area contributed by atoms with Gasteiger partial charge >= 0.3 is 5.97 Å². The molecule has 2 aromatic rings. The number of carboxylic acid groups (broad SMARTS) is 1. The van der Waals surface area contributed by atoms with Gasteiger partial charge in [0.1, 0.15) is 5.54 Å². The Kier molecular flexibility index (Phi) is 4.21. The average Bonchev–Trinajstić information content (AvgIpc) is 2.47. The summed E-state index contributed by atoms with van der Waals surface area (Å²) in [4.78, 5) is 27.6. The summed E-state index contributed by atoms with van der Waals surface area (Å²) in [5.41, 5.74) is 0.313. The molecule has 0 aliphatic rings. The molecule has 21 heavy (non-hydrogen) atoms. The predicted octanol–water partition coefficient (Wildman–Crippen LogP) is 2.15. The van der Waals surface area contributed by atoms with Crippen LogP contribution < -0.4 is 5.32 Å². The van der Waals surface area contributed by atoms with Crippen molar-refractivity contribution in [2.45, 2.75) is 32.2 Å². The first-order valence-electron chi connectivity index (χ1n) is 6.83. The zero-order valence-electron chi connectivity index (χ0n) is 12.1. The Balaban J connectivity index is 2.21. The van der Waals surface area contributed by atoms with Gasteiger partial charge < -0.3 is 10.4 Å². The first-order valence-corrected chi connectivity index (χ1v) is 6.83. The molecule has 110 valence electrons. The number of hydrogen-bond donors (Lipinski definition) is 2. The summed E-state index contributed by atoms with van der Waals surface area (Å²) in [5, 5.41) is 12.7. The van der Waals surface area contributed by atoms with Crippen LogP contribution >= 0.6 is 0 Å². The van der Waals surface area contributed by atoms with Crippen LogP contribution in [0.25, 0.3) is 10.9 Å². The molecule has 0 saturated heterocycles. The van der Waals surface area contributed by atoms with Crippen LogP contribution in [0.5, 0.6) is 0 Å². The first-order chi connectivity index (χ1) is 9.96. The van der Waals surface area contributed by atoms with Crippen molar-refractivity contribution in [1.82, 2.24) is 10.3 Å². The van der Waals surface area contributed by atoms with Gasteiger partial charge in [0.25, 0.3) is 0 Å². The van der Waals surface area contributed by atoms with Crippen LogP contribution in [0.15, 0.2) is 36.5 Å². The maximum Gasteiger partial charge on any atom is 0.329 e. The van der Waals surface area contributed by atoms with E-state index in [0.29, 0.717) is 6.42 Å². The molecule has 0 saturated carbocycles. The van der Waals surface area contributed by atoms with Gasteiger partial charge in [0.2, 0.25) is 5.91 Å². The van der Waals surface area contributed by atoms with E-state index in [1.165, 1.54) is 6.92 Å². The highest BCUT2D eigenvalue weighted by Crippen LogP contribution is 2.17. The topological polar surface area (TPSA) is 79.3 Å². The molecule has 1 atom stereocenters. The standard InChI is InChI=1S/C16H18N2O3/c1-3-16(2,15(20)21)18-13(19)10-12-7-4-6-11-8-5-9-17-14(11)12/h4-9H,3,10H2,1-2H3,(H,18,19)(H,20,21). The normalized spacial score (nSPS) is 13.6. The molecule has 1 amide bonds. The highest BCUT2D eigenvalue weighted by atomic mass is 16.4. The van der Waals surface area contributed by atoms with Gasteiger partial charge in [0.05, 0.1) is 11.9 Å². The van der Waals surface area contributed by atoms with Gasteiger partial charge in [-0.15, -0.1) is 0 Å². The van der Waals surface area contributed by atoms with Gasteiger partial charge in [-0.05, 0) is 25.0 Å². The lowest BCUT2D eigenvalue weighted by atomic mass is 9.98. The number of amides is 1. The van der Waals surface area contributed by atoms with Gasteiger partial charge in [-0.3, -0.25) is 9.78 Å². The number of carboxylic acids is 1. The quantitative estimate of drug-likeness (QED) is 0.882. The third-order valence-electron chi connectivity index (χ3n) is 3.66. The number of pyridine rings is 1. The minimum absolute atomic E-state index is 0.108. The summed E-state index contributed by atoms with van der Waals surface area (Å²) < 4.78 is 0. The first kappa shape index (κ1) is 15.0. The molecule has 0 radical (unpaired) electrons. The fourth-order valence-corrected chi connectivity index (χ4v) is 2.13. The molecule has 1 unspecified atom stereocenters. The minimum atomic E-state index is -1.24. The molecule has 5 heteroatoms. The second kappa shape index (κ2) is 5.91. The third kappa shape index (κ3) is 3.18. The number of aromatic nitrogens is 1. The van der Waals surface area contributed by atoms with E-state index in [1.807, 2.05) is 30.3 Å². The number of rotatable bonds is 5. The molecule has 5 nitrogen and oxygen atoms in total. The molecule has 1 heterocycles. The molecular formula is C16H18N2O3. The number of para-hydroxylation sites is 1. The summed E-state index contributed by atoms with van der Waals surface area (Å²) in [7, 11) is 0. The second-order valence-electron chi connectivity index (χ2n) is 5.21. The molecule has 0 spiro atoms. The van der Waals surface area contributed by atoms with Crippen LogP contribution in [0, 0.1) is 0 Å². The monoisotopic (exact) mass is 286 g/mol. The van der Waals surface area contributed by atoms with Crippen molar-refractivity contribution in [2.24, 2.45) is 0 Å². The molecule has 0 aliphatic heterocycles. The number of nitrogens with zero attached hydrogens (tertiary/aromatic N) is 1. The maximum atomic E-state index is 12.1. The van der Waals surface area contributed by atoms with E-state index in [4.69, 9.17) is 0 Å². The molecule has 2 N–H and O–H groups in total. The number of fused-ring (bicyclic) bond motifs is 1. The average molecular weight is 286 g/mol. The minimum Gasteiger partial charge on any atom is -0.480 e. The Morgan fingerprint density at radius 1 is 1.29 bits per heavy atom. The molecule has 0 bridgehead atoms. The van der Waals surface area contributed by atoms with Crippen molar-refractivity contribution < 1.29 is 14.7 Å². The van der Waals surface area contributed by atoms with Gasteiger partial charge in [0, 0.05) is 11.6 Å². The van der Waals surface area contributed by atoms with Crippen LogP contribution in [0.3, 0.4) is 0 Å². The summed E-state index contributed by atoms with van der Waals surface area (Å²) in [6.45, 7) is 3.24. The number of benzene rings is 1. The fraction of sp³-hybridized carbons (Fsp3) is 0.312. The van der Waals surface area contributed by atoms with E-state index in [9.17, 15) is 14.7 Å². The van der Waals surface area contributed by atoms with Gasteiger partial charge in [-0.1, -0.05) is 31.2 Å². The Morgan fingerprint density at radius 2 is 2.00 bits per heavy atom. The van der Waals surface area contributed by atoms with Gasteiger partial charge in [0.15, 0.2) is 0 Å². The van der Waals surface area contributed by atoms with Crippen LogP contribution in [0.1, 0.15) is 25.8 Å². The summed E-state index contributed by atoms with van der Waals surface area (Å²) in [6.07, 6.45) is 2.11. The number of carbonyl (C=O) groups is 2. The highest BCUT2D eigenvalue weighted by molar-refractivity contribution is 5.90. The lowest BCUT2D eigenvalue weighted by Gasteiger charge is -2.24. The predicted molar refractivity (Wildman–Crippen MR) is 79.9 cm³/mol. The van der Waals surface area contributed by atoms with Crippen LogP contribution in [-0.4, -0.2) is 27.5 Å². The second-order valence-corrected chi connectivity index (χ2v) is 5.21. The van der Waals surface area contributed by atoms with E-state index in [2.05, 4.69) is 10.3 Å². The fourth-order valence-electron chi connectivity index (χ4n) is 2.13. The number of nitrogens with one attached hydrogen (secondary N) is 1. The van der Waals surface area contributed by atoms with Gasteiger partial charge in [-0.25, -0.2) is 4.79 Å². The highest BCUT2D eigenvalue weighted by Gasteiger charge is 2.32. The van der Waals surface area contributed by atoms with E-state index >= 15 is 0 Å². The van der Waals surface area contributed by atoms with Crippen molar-refractivity contribution >= 4 is 22.8 Å². The van der Waals surface area contributed by atoms with Crippen LogP contribution in [0.4, 0.5) is 0 Å². The van der Waals surface area contributed by atoms with Crippen molar-refractivity contribution in [3.63, 3.8) is 0 Å². The van der Waals surface area contributed by atoms with Crippen molar-refractivity contribution in [2.75, 3.05) is 0 Å². The SMILES string of the molecule is CCC(C)(NC(=O)Cc1cccc2cccnc12)C(=O)O. The maximum absolute atomic E-state index is 12.1. The van der Waals surface area contributed by atoms with Gasteiger partial charge in [-0.2, -0.15) is 0 Å². The van der Waals surface area contributed by atoms with E-state index in [0.717, 1.165) is 16.5 Å². The van der Waals surface area contributed by atoms with Crippen molar-refractivity contribution in [3.05, 3.63) is 42.1 Å². The van der Waals surface area contributed by atoms with E-state index in [-0.39, 0.29) is 12.3 Å². The summed E-state index contributed by atoms with van der Waals surface area (Å²) >= 11 is 0. The number of carbonyl (C=O) groups excluding carboxylic acids is 1. The van der Waals surface area contributed by atoms with E-state index in [1.54, 1.807) is 13.1 Å². The molecule has 0 fully saturated rings. The Labute approximate surface area is 123 Å². The lowest BCUT2D eigenvalue weighted by molar-refractivity contribution is -0.146. The molecule has 1 aromatic carbocycles. The van der Waals surface area contributed by atoms with E-state index < -0.39 is 11.5 Å². The Morgan fingerprint density at radius 3 is 2.67 bits per heavy atom. The van der Waals surface area contributed by atoms with Crippen molar-refractivity contribution in [1.29, 1.82) is 0 Å². The molecule has 2 rings (SSSR count). The number of aliphatic carboxylic acids is 1. The summed E-state index contributed by atoms with van der Waals surface area (Å²) in [5.74, 6) is -1.35. The third-order valence-corrected chi connectivity index (χ3v) is 3.66. The number of hydrogen-bond acceptors (Lipinski definition) is 3. The zero-order valence-corrected chi connectivity index (χ0v) is 12.1. The largest absolute Gasteiger partial charge is 0.480 e.